The van der Waals surface area contributed by atoms with Gasteiger partial charge < -0.3 is 15.2 Å². The summed E-state index contributed by atoms with van der Waals surface area (Å²) in [5, 5.41) is 0. The average Bonchev–Trinajstić information content (AvgIpc) is 2.46. The van der Waals surface area contributed by atoms with Gasteiger partial charge in [0.15, 0.2) is 0 Å². The molecule has 2 aromatic rings. The fraction of sp³-hybridized carbons (Fsp3) is 0.353. The first-order valence-corrected chi connectivity index (χ1v) is 7.05. The van der Waals surface area contributed by atoms with Crippen LogP contribution in [0.1, 0.15) is 23.7 Å². The van der Waals surface area contributed by atoms with Crippen molar-refractivity contribution >= 4 is 0 Å². The number of ether oxygens (including phenoxy) is 2. The van der Waals surface area contributed by atoms with Gasteiger partial charge in [0.25, 0.3) is 0 Å². The Bertz CT molecular complexity index is 580. The molecular formula is C17H22N2O2. The van der Waals surface area contributed by atoms with Crippen molar-refractivity contribution < 1.29 is 9.47 Å². The summed E-state index contributed by atoms with van der Waals surface area (Å²) in [5.41, 5.74) is 8.94. The lowest BCUT2D eigenvalue weighted by molar-refractivity contribution is 0.295. The molecule has 0 aliphatic heterocycles. The molecule has 0 radical (unpaired) electrons. The highest BCUT2D eigenvalue weighted by Gasteiger charge is 2.05. The third-order valence-corrected chi connectivity index (χ3v) is 3.16. The van der Waals surface area contributed by atoms with E-state index < -0.39 is 0 Å². The molecule has 2 N–H and O–H groups in total. The Kier molecular flexibility index (Phi) is 5.17. The summed E-state index contributed by atoms with van der Waals surface area (Å²) in [6, 6.07) is 10.0. The molecule has 4 nitrogen and oxygen atoms in total. The molecule has 1 unspecified atom stereocenters. The molecule has 0 aliphatic carbocycles. The second-order valence-corrected chi connectivity index (χ2v) is 5.27. The van der Waals surface area contributed by atoms with Crippen LogP contribution in [-0.4, -0.2) is 18.1 Å². The van der Waals surface area contributed by atoms with Crippen LogP contribution in [-0.2, 0) is 13.0 Å². The minimum atomic E-state index is 0.112. The van der Waals surface area contributed by atoms with Crippen LogP contribution in [0, 0.1) is 6.92 Å². The largest absolute Gasteiger partial charge is 0.496 e. The molecule has 2 rings (SSSR count). The van der Waals surface area contributed by atoms with Crippen LogP contribution in [0.3, 0.4) is 0 Å². The molecule has 0 fully saturated rings. The van der Waals surface area contributed by atoms with E-state index >= 15 is 0 Å². The number of benzene rings is 1. The predicted molar refractivity (Wildman–Crippen MR) is 83.7 cm³/mol. The van der Waals surface area contributed by atoms with Crippen molar-refractivity contribution in [2.75, 3.05) is 7.11 Å². The van der Waals surface area contributed by atoms with Gasteiger partial charge in [-0.1, -0.05) is 11.6 Å². The molecule has 0 amide bonds. The molecule has 4 heteroatoms. The Balaban J connectivity index is 2.01. The van der Waals surface area contributed by atoms with Crippen molar-refractivity contribution in [1.29, 1.82) is 0 Å². The minimum absolute atomic E-state index is 0.112. The lowest BCUT2D eigenvalue weighted by atomic mass is 10.1. The molecule has 1 atom stereocenters. The van der Waals surface area contributed by atoms with Gasteiger partial charge in [-0.2, -0.15) is 0 Å². The second-order valence-electron chi connectivity index (χ2n) is 5.27. The molecule has 1 aromatic heterocycles. The first-order valence-electron chi connectivity index (χ1n) is 7.05. The molecule has 1 heterocycles. The zero-order valence-corrected chi connectivity index (χ0v) is 12.8. The monoisotopic (exact) mass is 286 g/mol. The highest BCUT2D eigenvalue weighted by molar-refractivity contribution is 5.36. The first-order chi connectivity index (χ1) is 10.1. The van der Waals surface area contributed by atoms with E-state index in [0.29, 0.717) is 6.61 Å². The van der Waals surface area contributed by atoms with E-state index in [9.17, 15) is 0 Å². The molecule has 0 saturated carbocycles. The van der Waals surface area contributed by atoms with Gasteiger partial charge in [0.05, 0.1) is 13.3 Å². The average molecular weight is 286 g/mol. The molecule has 0 bridgehead atoms. The Morgan fingerprint density at radius 1 is 1.24 bits per heavy atom. The number of rotatable bonds is 6. The summed E-state index contributed by atoms with van der Waals surface area (Å²) in [7, 11) is 1.67. The zero-order chi connectivity index (χ0) is 15.2. The number of hydrogen-bond donors (Lipinski definition) is 1. The van der Waals surface area contributed by atoms with Crippen molar-refractivity contribution in [3.05, 3.63) is 53.3 Å². The van der Waals surface area contributed by atoms with Crippen LogP contribution in [0.4, 0.5) is 0 Å². The van der Waals surface area contributed by atoms with Crippen LogP contribution in [0.2, 0.25) is 0 Å². The van der Waals surface area contributed by atoms with Crippen LogP contribution in [0.25, 0.3) is 0 Å². The molecule has 0 saturated heterocycles. The Morgan fingerprint density at radius 3 is 2.67 bits per heavy atom. The predicted octanol–water partition coefficient (Wildman–Crippen LogP) is 2.87. The van der Waals surface area contributed by atoms with Gasteiger partial charge in [0.2, 0.25) is 0 Å². The van der Waals surface area contributed by atoms with Gasteiger partial charge in [-0.25, -0.2) is 0 Å². The maximum absolute atomic E-state index is 5.78. The van der Waals surface area contributed by atoms with Gasteiger partial charge in [0.1, 0.15) is 18.1 Å². The van der Waals surface area contributed by atoms with Crippen LogP contribution in [0.5, 0.6) is 11.5 Å². The summed E-state index contributed by atoms with van der Waals surface area (Å²) in [6.07, 6.45) is 2.51. The van der Waals surface area contributed by atoms with Gasteiger partial charge in [0, 0.05) is 23.7 Å². The number of aromatic nitrogens is 1. The highest BCUT2D eigenvalue weighted by atomic mass is 16.5. The topological polar surface area (TPSA) is 57.4 Å². The summed E-state index contributed by atoms with van der Waals surface area (Å²) >= 11 is 0. The van der Waals surface area contributed by atoms with E-state index in [-0.39, 0.29) is 6.04 Å². The lowest BCUT2D eigenvalue weighted by Crippen LogP contribution is -2.18. The van der Waals surface area contributed by atoms with E-state index in [1.165, 1.54) is 5.56 Å². The third kappa shape index (κ3) is 4.46. The molecule has 1 aromatic carbocycles. The van der Waals surface area contributed by atoms with Gasteiger partial charge in [-0.05, 0) is 38.1 Å². The number of nitrogens with two attached hydrogens (primary N) is 1. The number of hydrogen-bond acceptors (Lipinski definition) is 4. The van der Waals surface area contributed by atoms with Gasteiger partial charge >= 0.3 is 0 Å². The number of aryl methyl sites for hydroxylation is 1. The third-order valence-electron chi connectivity index (χ3n) is 3.16. The van der Waals surface area contributed by atoms with Crippen molar-refractivity contribution in [2.24, 2.45) is 5.73 Å². The van der Waals surface area contributed by atoms with E-state index in [1.54, 1.807) is 13.3 Å². The van der Waals surface area contributed by atoms with Crippen molar-refractivity contribution in [3.8, 4) is 11.5 Å². The minimum Gasteiger partial charge on any atom is -0.496 e. The zero-order valence-electron chi connectivity index (χ0n) is 12.8. The van der Waals surface area contributed by atoms with Gasteiger partial charge in [-0.15, -0.1) is 0 Å². The molecular weight excluding hydrogens is 264 g/mol. The van der Waals surface area contributed by atoms with Crippen molar-refractivity contribution in [2.45, 2.75) is 32.9 Å². The van der Waals surface area contributed by atoms with E-state index in [0.717, 1.165) is 29.2 Å². The maximum atomic E-state index is 5.78. The smallest absolute Gasteiger partial charge is 0.138 e. The van der Waals surface area contributed by atoms with Crippen molar-refractivity contribution in [3.63, 3.8) is 0 Å². The number of pyridine rings is 1. The number of methoxy groups -OCH3 is 1. The lowest BCUT2D eigenvalue weighted by Gasteiger charge is -2.11. The quantitative estimate of drug-likeness (QED) is 0.887. The Hall–Kier alpha value is -2.07. The normalized spacial score (nSPS) is 12.0. The fourth-order valence-corrected chi connectivity index (χ4v) is 2.13. The Labute approximate surface area is 125 Å². The maximum Gasteiger partial charge on any atom is 0.138 e. The molecule has 0 aliphatic rings. The number of nitrogens with zero attached hydrogens (tertiary/aromatic N) is 1. The summed E-state index contributed by atoms with van der Waals surface area (Å²) in [6.45, 7) is 4.47. The highest BCUT2D eigenvalue weighted by Crippen LogP contribution is 2.21. The summed E-state index contributed by atoms with van der Waals surface area (Å²) in [4.78, 5) is 4.36. The molecule has 21 heavy (non-hydrogen) atoms. The van der Waals surface area contributed by atoms with Gasteiger partial charge in [-0.3, -0.25) is 4.98 Å². The summed E-state index contributed by atoms with van der Waals surface area (Å²) in [5.74, 6) is 1.58. The standard InChI is InChI=1S/C17H22N2O2/c1-12-4-7-17(20-3)14(8-12)11-21-16-6-5-15(19-10-16)9-13(2)18/h4-8,10,13H,9,11,18H2,1-3H3. The molecule has 112 valence electrons. The Morgan fingerprint density at radius 2 is 2.05 bits per heavy atom. The fourth-order valence-electron chi connectivity index (χ4n) is 2.13. The second kappa shape index (κ2) is 7.09. The van der Waals surface area contributed by atoms with Crippen molar-refractivity contribution in [1.82, 2.24) is 4.98 Å². The molecule has 0 spiro atoms. The van der Waals surface area contributed by atoms with Crippen LogP contribution < -0.4 is 15.2 Å². The van der Waals surface area contributed by atoms with Crippen LogP contribution in [0.15, 0.2) is 36.5 Å². The van der Waals surface area contributed by atoms with E-state index in [1.807, 2.05) is 38.1 Å². The SMILES string of the molecule is COc1ccc(C)cc1COc1ccc(CC(C)N)nc1. The van der Waals surface area contributed by atoms with E-state index in [4.69, 9.17) is 15.2 Å². The first kappa shape index (κ1) is 15.3. The van der Waals surface area contributed by atoms with Crippen LogP contribution >= 0.6 is 0 Å². The van der Waals surface area contributed by atoms with E-state index in [2.05, 4.69) is 11.1 Å². The summed E-state index contributed by atoms with van der Waals surface area (Å²) < 4.78 is 11.1.